The average Bonchev–Trinajstić information content (AvgIpc) is 2.48. The summed E-state index contributed by atoms with van der Waals surface area (Å²) in [6.45, 7) is 1.90. The molecule has 3 heteroatoms. The third kappa shape index (κ3) is 4.00. The van der Waals surface area contributed by atoms with Gasteiger partial charge in [0.15, 0.2) is 5.78 Å². The molecule has 0 bridgehead atoms. The van der Waals surface area contributed by atoms with Crippen molar-refractivity contribution < 1.29 is 4.79 Å². The van der Waals surface area contributed by atoms with Crippen molar-refractivity contribution in [3.63, 3.8) is 0 Å². The molecule has 0 spiro atoms. The summed E-state index contributed by atoms with van der Waals surface area (Å²) in [5, 5.41) is 4.44. The highest BCUT2D eigenvalue weighted by molar-refractivity contribution is 7.99. The molecule has 19 heavy (non-hydrogen) atoms. The van der Waals surface area contributed by atoms with E-state index < -0.39 is 0 Å². The molecule has 1 aromatic carbocycles. The molecule has 0 heterocycles. The highest BCUT2D eigenvalue weighted by atomic mass is 32.2. The molecule has 1 aliphatic carbocycles. The van der Waals surface area contributed by atoms with Gasteiger partial charge in [-0.05, 0) is 56.2 Å². The standard InChI is InChI=1S/C16H23NOS/c1-3-16(18)12-4-6-13(7-5-12)17-14-8-10-15(19-2)11-9-14/h4-7,14-15,17H,3,8-11H2,1-2H3. The van der Waals surface area contributed by atoms with Gasteiger partial charge in [0.1, 0.15) is 0 Å². The quantitative estimate of drug-likeness (QED) is 0.811. The molecule has 104 valence electrons. The molecule has 0 aliphatic heterocycles. The Labute approximate surface area is 120 Å². The second-order valence-corrected chi connectivity index (χ2v) is 6.35. The summed E-state index contributed by atoms with van der Waals surface area (Å²) in [6.07, 6.45) is 7.91. The molecule has 0 amide bonds. The van der Waals surface area contributed by atoms with Gasteiger partial charge in [-0.3, -0.25) is 4.79 Å². The number of thioether (sulfide) groups is 1. The Hall–Kier alpha value is -0.960. The zero-order chi connectivity index (χ0) is 13.7. The van der Waals surface area contributed by atoms with E-state index in [9.17, 15) is 4.79 Å². The number of carbonyl (C=O) groups excluding carboxylic acids is 1. The average molecular weight is 277 g/mol. The first-order valence-corrected chi connectivity index (χ1v) is 8.44. The van der Waals surface area contributed by atoms with E-state index in [1.165, 1.54) is 25.7 Å². The zero-order valence-electron chi connectivity index (χ0n) is 11.8. The van der Waals surface area contributed by atoms with Gasteiger partial charge in [-0.1, -0.05) is 6.92 Å². The molecule has 1 aromatic rings. The predicted molar refractivity (Wildman–Crippen MR) is 84.2 cm³/mol. The minimum absolute atomic E-state index is 0.215. The third-order valence-electron chi connectivity index (χ3n) is 3.91. The van der Waals surface area contributed by atoms with Crippen LogP contribution in [0.15, 0.2) is 24.3 Å². The molecular weight excluding hydrogens is 254 g/mol. The molecular formula is C16H23NOS. The fourth-order valence-corrected chi connectivity index (χ4v) is 3.38. The first kappa shape index (κ1) is 14.4. The molecule has 0 unspecified atom stereocenters. The van der Waals surface area contributed by atoms with Gasteiger partial charge in [0.25, 0.3) is 0 Å². The Kier molecular flexibility index (Phi) is 5.32. The Morgan fingerprint density at radius 1 is 1.21 bits per heavy atom. The van der Waals surface area contributed by atoms with Crippen molar-refractivity contribution in [1.29, 1.82) is 0 Å². The topological polar surface area (TPSA) is 29.1 Å². The highest BCUT2D eigenvalue weighted by Crippen LogP contribution is 2.28. The summed E-state index contributed by atoms with van der Waals surface area (Å²) in [4.78, 5) is 11.6. The Balaban J connectivity index is 1.88. The number of hydrogen-bond acceptors (Lipinski definition) is 3. The number of rotatable bonds is 5. The maximum absolute atomic E-state index is 11.6. The van der Waals surface area contributed by atoms with Crippen LogP contribution in [0.25, 0.3) is 0 Å². The van der Waals surface area contributed by atoms with E-state index in [4.69, 9.17) is 0 Å². The molecule has 1 fully saturated rings. The Morgan fingerprint density at radius 2 is 1.84 bits per heavy atom. The van der Waals surface area contributed by atoms with Gasteiger partial charge in [0, 0.05) is 29.0 Å². The summed E-state index contributed by atoms with van der Waals surface area (Å²) < 4.78 is 0. The van der Waals surface area contributed by atoms with Crippen LogP contribution in [0.4, 0.5) is 5.69 Å². The molecule has 1 aliphatic rings. The molecule has 0 radical (unpaired) electrons. The lowest BCUT2D eigenvalue weighted by molar-refractivity contribution is 0.0988. The Morgan fingerprint density at radius 3 is 2.37 bits per heavy atom. The summed E-state index contributed by atoms with van der Waals surface area (Å²) in [6, 6.07) is 8.52. The fraction of sp³-hybridized carbons (Fsp3) is 0.562. The van der Waals surface area contributed by atoms with E-state index in [-0.39, 0.29) is 5.78 Å². The number of ketones is 1. The van der Waals surface area contributed by atoms with Crippen LogP contribution in [0.3, 0.4) is 0 Å². The number of carbonyl (C=O) groups is 1. The van der Waals surface area contributed by atoms with Gasteiger partial charge in [-0.2, -0.15) is 11.8 Å². The first-order valence-electron chi connectivity index (χ1n) is 7.15. The van der Waals surface area contributed by atoms with E-state index in [1.807, 2.05) is 43.0 Å². The second kappa shape index (κ2) is 6.99. The monoisotopic (exact) mass is 277 g/mol. The number of hydrogen-bond donors (Lipinski definition) is 1. The molecule has 0 saturated heterocycles. The normalized spacial score (nSPS) is 23.1. The van der Waals surface area contributed by atoms with E-state index in [0.717, 1.165) is 16.5 Å². The van der Waals surface area contributed by atoms with Crippen LogP contribution in [0.5, 0.6) is 0 Å². The van der Waals surface area contributed by atoms with Crippen molar-refractivity contribution in [2.45, 2.75) is 50.3 Å². The second-order valence-electron chi connectivity index (χ2n) is 5.21. The SMILES string of the molecule is CCC(=O)c1ccc(NC2CCC(SC)CC2)cc1. The van der Waals surface area contributed by atoms with E-state index in [0.29, 0.717) is 12.5 Å². The van der Waals surface area contributed by atoms with Gasteiger partial charge in [-0.15, -0.1) is 0 Å². The minimum Gasteiger partial charge on any atom is -0.382 e. The summed E-state index contributed by atoms with van der Waals surface area (Å²) in [5.74, 6) is 0.215. The van der Waals surface area contributed by atoms with Crippen LogP contribution < -0.4 is 5.32 Å². The van der Waals surface area contributed by atoms with Crippen molar-refractivity contribution in [3.05, 3.63) is 29.8 Å². The largest absolute Gasteiger partial charge is 0.382 e. The van der Waals surface area contributed by atoms with Crippen LogP contribution in [0, 0.1) is 0 Å². The maximum Gasteiger partial charge on any atom is 0.162 e. The van der Waals surface area contributed by atoms with Crippen LogP contribution in [-0.4, -0.2) is 23.3 Å². The van der Waals surface area contributed by atoms with Gasteiger partial charge < -0.3 is 5.32 Å². The van der Waals surface area contributed by atoms with Gasteiger partial charge in [0.05, 0.1) is 0 Å². The lowest BCUT2D eigenvalue weighted by Crippen LogP contribution is -2.27. The predicted octanol–water partition coefficient (Wildman–Crippen LogP) is 4.37. The van der Waals surface area contributed by atoms with Crippen molar-refractivity contribution in [1.82, 2.24) is 0 Å². The van der Waals surface area contributed by atoms with Gasteiger partial charge in [0.2, 0.25) is 0 Å². The van der Waals surface area contributed by atoms with E-state index in [1.54, 1.807) is 0 Å². The van der Waals surface area contributed by atoms with Crippen LogP contribution in [0.1, 0.15) is 49.4 Å². The van der Waals surface area contributed by atoms with Crippen molar-refractivity contribution in [3.8, 4) is 0 Å². The lowest BCUT2D eigenvalue weighted by atomic mass is 9.94. The molecule has 0 aromatic heterocycles. The fourth-order valence-electron chi connectivity index (χ4n) is 2.64. The van der Waals surface area contributed by atoms with Crippen molar-refractivity contribution in [2.24, 2.45) is 0 Å². The van der Waals surface area contributed by atoms with Gasteiger partial charge >= 0.3 is 0 Å². The number of nitrogens with one attached hydrogen (secondary N) is 1. The smallest absolute Gasteiger partial charge is 0.162 e. The molecule has 1 N–H and O–H groups in total. The molecule has 0 atom stereocenters. The molecule has 2 nitrogen and oxygen atoms in total. The van der Waals surface area contributed by atoms with Crippen molar-refractivity contribution in [2.75, 3.05) is 11.6 Å². The van der Waals surface area contributed by atoms with E-state index >= 15 is 0 Å². The maximum atomic E-state index is 11.6. The number of benzene rings is 1. The van der Waals surface area contributed by atoms with E-state index in [2.05, 4.69) is 11.6 Å². The molecule has 1 saturated carbocycles. The van der Waals surface area contributed by atoms with Crippen LogP contribution in [-0.2, 0) is 0 Å². The van der Waals surface area contributed by atoms with Crippen LogP contribution in [0.2, 0.25) is 0 Å². The highest BCUT2D eigenvalue weighted by Gasteiger charge is 2.20. The summed E-state index contributed by atoms with van der Waals surface area (Å²) >= 11 is 2.00. The third-order valence-corrected chi connectivity index (χ3v) is 5.04. The number of Topliss-reactive ketones (excluding diaryl/α,β-unsaturated/α-hetero) is 1. The first-order chi connectivity index (χ1) is 9.22. The zero-order valence-corrected chi connectivity index (χ0v) is 12.6. The summed E-state index contributed by atoms with van der Waals surface area (Å²) in [7, 11) is 0. The summed E-state index contributed by atoms with van der Waals surface area (Å²) in [5.41, 5.74) is 1.96. The van der Waals surface area contributed by atoms with Gasteiger partial charge in [-0.25, -0.2) is 0 Å². The van der Waals surface area contributed by atoms with Crippen molar-refractivity contribution >= 4 is 23.2 Å². The Bertz CT molecular complexity index is 407. The molecule has 2 rings (SSSR count). The van der Waals surface area contributed by atoms with Crippen LogP contribution >= 0.6 is 11.8 Å². The number of anilines is 1. The minimum atomic E-state index is 0.215. The lowest BCUT2D eigenvalue weighted by Gasteiger charge is -2.28.